The van der Waals surface area contributed by atoms with E-state index >= 15 is 0 Å². The lowest BCUT2D eigenvalue weighted by Gasteiger charge is -2.12. The molecule has 10 nitrogen and oxygen atoms in total. The Morgan fingerprint density at radius 1 is 0.976 bits per heavy atom. The van der Waals surface area contributed by atoms with Gasteiger partial charge >= 0.3 is 5.97 Å². The number of ether oxygens (including phenoxy) is 2. The summed E-state index contributed by atoms with van der Waals surface area (Å²) in [6.07, 6.45) is 0. The summed E-state index contributed by atoms with van der Waals surface area (Å²) in [5.74, 6) is 0.127. The highest BCUT2D eigenvalue weighted by atomic mass is 79.9. The summed E-state index contributed by atoms with van der Waals surface area (Å²) in [4.78, 5) is 37.5. The van der Waals surface area contributed by atoms with Crippen LogP contribution in [-0.2, 0) is 16.1 Å². The van der Waals surface area contributed by atoms with Gasteiger partial charge in [-0.15, -0.1) is 10.2 Å². The van der Waals surface area contributed by atoms with Crippen molar-refractivity contribution in [2.24, 2.45) is 0 Å². The minimum absolute atomic E-state index is 0.0365. The number of anilines is 1. The molecule has 4 aromatic rings. The molecule has 0 saturated carbocycles. The third kappa shape index (κ3) is 8.11. The molecule has 0 bridgehead atoms. The van der Waals surface area contributed by atoms with Crippen LogP contribution in [-0.4, -0.2) is 51.5 Å². The third-order valence-electron chi connectivity index (χ3n) is 5.70. The van der Waals surface area contributed by atoms with Crippen LogP contribution in [0.1, 0.15) is 40.4 Å². The van der Waals surface area contributed by atoms with Crippen molar-refractivity contribution in [1.82, 2.24) is 20.1 Å². The predicted molar refractivity (Wildman–Crippen MR) is 165 cm³/mol. The van der Waals surface area contributed by atoms with E-state index in [0.717, 1.165) is 10.2 Å². The summed E-state index contributed by atoms with van der Waals surface area (Å²) in [5, 5.41) is 15.0. The molecule has 0 aliphatic carbocycles. The van der Waals surface area contributed by atoms with Crippen LogP contribution >= 0.6 is 39.3 Å². The van der Waals surface area contributed by atoms with Crippen LogP contribution in [0.15, 0.2) is 76.4 Å². The molecule has 0 saturated heterocycles. The van der Waals surface area contributed by atoms with Crippen molar-refractivity contribution in [1.29, 1.82) is 0 Å². The first-order chi connectivity index (χ1) is 20.3. The fourth-order valence-corrected chi connectivity index (χ4v) is 5.12. The highest BCUT2D eigenvalue weighted by Gasteiger charge is 2.18. The van der Waals surface area contributed by atoms with Gasteiger partial charge in [-0.25, -0.2) is 4.79 Å². The zero-order valence-corrected chi connectivity index (χ0v) is 25.9. The Bertz CT molecular complexity index is 1560. The topological polar surface area (TPSA) is 124 Å². The molecule has 2 amide bonds. The molecule has 4 rings (SSSR count). The lowest BCUT2D eigenvalue weighted by molar-refractivity contribution is -0.113. The lowest BCUT2D eigenvalue weighted by Crippen LogP contribution is -2.25. The van der Waals surface area contributed by atoms with Gasteiger partial charge in [-0.1, -0.05) is 39.3 Å². The molecule has 0 radical (unpaired) electrons. The SMILES string of the molecule is CCOC(=O)c1ccc(NC(=O)CSc2nnc(CNC(=O)c3cc(Br)ccc3Cl)n2-c2ccc(OCC)cc2)cc1. The van der Waals surface area contributed by atoms with Gasteiger partial charge in [-0.3, -0.25) is 14.2 Å². The normalized spacial score (nSPS) is 10.7. The largest absolute Gasteiger partial charge is 0.494 e. The molecule has 0 aliphatic heterocycles. The van der Waals surface area contributed by atoms with Crippen LogP contribution in [0.3, 0.4) is 0 Å². The molecular formula is C29H27BrClN5O5S. The van der Waals surface area contributed by atoms with E-state index in [9.17, 15) is 14.4 Å². The zero-order chi connectivity index (χ0) is 30.1. The molecule has 0 aliphatic rings. The maximum Gasteiger partial charge on any atom is 0.338 e. The van der Waals surface area contributed by atoms with Crippen molar-refractivity contribution < 1.29 is 23.9 Å². The van der Waals surface area contributed by atoms with Crippen molar-refractivity contribution in [3.05, 3.63) is 93.2 Å². The van der Waals surface area contributed by atoms with Crippen LogP contribution < -0.4 is 15.4 Å². The third-order valence-corrected chi connectivity index (χ3v) is 7.45. The second-order valence-corrected chi connectivity index (χ2v) is 10.9. The van der Waals surface area contributed by atoms with E-state index in [4.69, 9.17) is 21.1 Å². The van der Waals surface area contributed by atoms with E-state index in [2.05, 4.69) is 36.8 Å². The monoisotopic (exact) mass is 671 g/mol. The van der Waals surface area contributed by atoms with Crippen molar-refractivity contribution in [2.75, 3.05) is 24.3 Å². The maximum atomic E-state index is 12.9. The summed E-state index contributed by atoms with van der Waals surface area (Å²) >= 11 is 10.8. The van der Waals surface area contributed by atoms with E-state index in [0.29, 0.717) is 45.2 Å². The number of benzene rings is 3. The number of aromatic nitrogens is 3. The molecule has 1 heterocycles. The lowest BCUT2D eigenvalue weighted by atomic mass is 10.2. The summed E-state index contributed by atoms with van der Waals surface area (Å²) in [6.45, 7) is 4.51. The number of hydrogen-bond acceptors (Lipinski definition) is 8. The first-order valence-corrected chi connectivity index (χ1v) is 15.0. The first kappa shape index (κ1) is 31.1. The standard InChI is InChI=1S/C29H27BrClN5O5S/c1-3-40-22-12-10-21(11-13-22)36-25(16-32-27(38)23-15-19(30)7-14-24(23)31)34-35-29(36)42-17-26(37)33-20-8-5-18(6-9-20)28(39)41-4-2/h5-15H,3-4,16-17H2,1-2H3,(H,32,38)(H,33,37). The van der Waals surface area contributed by atoms with Gasteiger partial charge in [0.1, 0.15) is 5.75 Å². The molecule has 1 aromatic heterocycles. The Hall–Kier alpha value is -3.87. The van der Waals surface area contributed by atoms with Crippen molar-refractivity contribution in [3.63, 3.8) is 0 Å². The van der Waals surface area contributed by atoms with Crippen LogP contribution in [0.4, 0.5) is 5.69 Å². The van der Waals surface area contributed by atoms with Crippen molar-refractivity contribution in [3.8, 4) is 11.4 Å². The smallest absolute Gasteiger partial charge is 0.338 e. The summed E-state index contributed by atoms with van der Waals surface area (Å²) in [6, 6.07) is 18.8. The molecule has 2 N–H and O–H groups in total. The Balaban J connectivity index is 1.48. The highest BCUT2D eigenvalue weighted by Crippen LogP contribution is 2.25. The van der Waals surface area contributed by atoms with Gasteiger partial charge in [0.2, 0.25) is 5.91 Å². The Morgan fingerprint density at radius 3 is 2.40 bits per heavy atom. The van der Waals surface area contributed by atoms with Crippen LogP contribution in [0.2, 0.25) is 5.02 Å². The number of esters is 1. The average molecular weight is 673 g/mol. The fraction of sp³-hybridized carbons (Fsp3) is 0.207. The number of nitrogens with zero attached hydrogens (tertiary/aromatic N) is 3. The molecule has 42 heavy (non-hydrogen) atoms. The van der Waals surface area contributed by atoms with Crippen molar-refractivity contribution in [2.45, 2.75) is 25.5 Å². The highest BCUT2D eigenvalue weighted by molar-refractivity contribution is 9.10. The predicted octanol–water partition coefficient (Wildman–Crippen LogP) is 5.92. The second kappa shape index (κ2) is 14.9. The van der Waals surface area contributed by atoms with Gasteiger partial charge in [0.15, 0.2) is 11.0 Å². The Morgan fingerprint density at radius 2 is 1.71 bits per heavy atom. The fourth-order valence-electron chi connectivity index (χ4n) is 3.78. The van der Waals surface area contributed by atoms with E-state index in [1.807, 2.05) is 31.2 Å². The van der Waals surface area contributed by atoms with Crippen LogP contribution in [0.5, 0.6) is 5.75 Å². The minimum atomic E-state index is -0.425. The Kier molecular flexibility index (Phi) is 11.0. The number of halogens is 2. The summed E-state index contributed by atoms with van der Waals surface area (Å²) in [5.41, 5.74) is 1.98. The minimum Gasteiger partial charge on any atom is -0.494 e. The second-order valence-electron chi connectivity index (χ2n) is 8.60. The van der Waals surface area contributed by atoms with Crippen LogP contribution in [0.25, 0.3) is 5.69 Å². The molecule has 0 atom stereocenters. The van der Waals surface area contributed by atoms with Gasteiger partial charge in [0.05, 0.1) is 41.7 Å². The Labute approximate surface area is 260 Å². The first-order valence-electron chi connectivity index (χ1n) is 12.9. The van der Waals surface area contributed by atoms with Gasteiger partial charge in [0, 0.05) is 15.8 Å². The van der Waals surface area contributed by atoms with Crippen LogP contribution in [0, 0.1) is 0 Å². The number of hydrogen-bond donors (Lipinski definition) is 2. The number of rotatable bonds is 12. The molecule has 3 aromatic carbocycles. The van der Waals surface area contributed by atoms with Gasteiger partial charge < -0.3 is 20.1 Å². The summed E-state index contributed by atoms with van der Waals surface area (Å²) < 4.78 is 13.0. The molecule has 13 heteroatoms. The average Bonchev–Trinajstić information content (AvgIpc) is 3.40. The number of amides is 2. The quantitative estimate of drug-likeness (QED) is 0.140. The molecule has 0 spiro atoms. The zero-order valence-electron chi connectivity index (χ0n) is 22.7. The maximum absolute atomic E-state index is 12.9. The molecule has 218 valence electrons. The van der Waals surface area contributed by atoms with Gasteiger partial charge in [-0.05, 0) is 80.6 Å². The number of carbonyl (C=O) groups excluding carboxylic acids is 3. The van der Waals surface area contributed by atoms with E-state index in [-0.39, 0.29) is 30.7 Å². The van der Waals surface area contributed by atoms with E-state index in [1.165, 1.54) is 11.8 Å². The van der Waals surface area contributed by atoms with E-state index in [1.54, 1.807) is 54.0 Å². The number of carbonyl (C=O) groups is 3. The van der Waals surface area contributed by atoms with Gasteiger partial charge in [-0.2, -0.15) is 0 Å². The van der Waals surface area contributed by atoms with E-state index < -0.39 is 5.97 Å². The molecule has 0 unspecified atom stereocenters. The van der Waals surface area contributed by atoms with Crippen molar-refractivity contribution >= 4 is 62.8 Å². The molecule has 0 fully saturated rings. The molecular weight excluding hydrogens is 646 g/mol. The number of thioether (sulfide) groups is 1. The number of nitrogens with one attached hydrogen (secondary N) is 2. The summed E-state index contributed by atoms with van der Waals surface area (Å²) in [7, 11) is 0. The van der Waals surface area contributed by atoms with Gasteiger partial charge in [0.25, 0.3) is 5.91 Å².